The van der Waals surface area contributed by atoms with Gasteiger partial charge in [0.1, 0.15) is 0 Å². The summed E-state index contributed by atoms with van der Waals surface area (Å²) in [7, 11) is 0. The zero-order valence-electron chi connectivity index (χ0n) is 16.2. The summed E-state index contributed by atoms with van der Waals surface area (Å²) in [6.07, 6.45) is -0.732. The number of nitrogens with one attached hydrogen (secondary N) is 1. The van der Waals surface area contributed by atoms with Gasteiger partial charge in [0.05, 0.1) is 22.3 Å². The van der Waals surface area contributed by atoms with E-state index in [9.17, 15) is 14.7 Å². The Kier molecular flexibility index (Phi) is 6.48. The smallest absolute Gasteiger partial charge is 0.449 e. The average Bonchev–Trinajstić information content (AvgIpc) is 3.40. The van der Waals surface area contributed by atoms with Gasteiger partial charge in [0.2, 0.25) is 5.06 Å². The van der Waals surface area contributed by atoms with E-state index in [4.69, 9.17) is 27.9 Å². The number of nitrogens with zero attached hydrogens (tertiary/aromatic N) is 1. The maximum absolute atomic E-state index is 13.6. The van der Waals surface area contributed by atoms with Gasteiger partial charge in [0.15, 0.2) is 0 Å². The Labute approximate surface area is 193 Å². The summed E-state index contributed by atoms with van der Waals surface area (Å²) in [5, 5.41) is 13.3. The second-order valence-electron chi connectivity index (χ2n) is 6.96. The molecule has 0 saturated carbocycles. The van der Waals surface area contributed by atoms with E-state index in [0.29, 0.717) is 23.7 Å². The standard InChI is InChI=1S/C22H18Cl2N2O4S/c23-14-6-7-16(17(24)10-14)20(27)26(15-8-9-25-12-15)18-11-19(13-4-2-1-3-5-13)31-21(18)30-22(28)29/h1-7,10-11,15,25H,8-9,12H2,(H,28,29). The minimum atomic E-state index is -1.44. The highest BCUT2D eigenvalue weighted by molar-refractivity contribution is 7.18. The molecular weight excluding hydrogens is 459 g/mol. The Morgan fingerprint density at radius 3 is 2.55 bits per heavy atom. The number of carbonyl (C=O) groups is 2. The van der Waals surface area contributed by atoms with Crippen LogP contribution in [0.1, 0.15) is 16.8 Å². The summed E-state index contributed by atoms with van der Waals surface area (Å²) in [6, 6.07) is 15.8. The van der Waals surface area contributed by atoms with E-state index in [1.807, 2.05) is 30.3 Å². The normalized spacial score (nSPS) is 15.6. The zero-order chi connectivity index (χ0) is 22.0. The monoisotopic (exact) mass is 476 g/mol. The van der Waals surface area contributed by atoms with Crippen LogP contribution in [0, 0.1) is 0 Å². The number of hydrogen-bond acceptors (Lipinski definition) is 5. The number of benzene rings is 2. The van der Waals surface area contributed by atoms with Crippen molar-refractivity contribution in [3.05, 3.63) is 70.2 Å². The number of thiophene rings is 1. The van der Waals surface area contributed by atoms with Crippen LogP contribution in [-0.2, 0) is 0 Å². The van der Waals surface area contributed by atoms with Gasteiger partial charge in [-0.25, -0.2) is 4.79 Å². The van der Waals surface area contributed by atoms with Crippen molar-refractivity contribution >= 4 is 52.3 Å². The third kappa shape index (κ3) is 4.70. The van der Waals surface area contributed by atoms with E-state index in [-0.39, 0.29) is 27.6 Å². The molecule has 1 unspecified atom stereocenters. The van der Waals surface area contributed by atoms with Crippen molar-refractivity contribution in [1.82, 2.24) is 5.32 Å². The second kappa shape index (κ2) is 9.28. The highest BCUT2D eigenvalue weighted by atomic mass is 35.5. The molecule has 2 N–H and O–H groups in total. The number of halogens is 2. The molecule has 2 aromatic carbocycles. The van der Waals surface area contributed by atoms with Crippen LogP contribution in [0.4, 0.5) is 10.5 Å². The molecule has 0 spiro atoms. The quantitative estimate of drug-likeness (QED) is 0.455. The molecule has 9 heteroatoms. The molecule has 0 bridgehead atoms. The topological polar surface area (TPSA) is 78.9 Å². The molecule has 1 fully saturated rings. The van der Waals surface area contributed by atoms with Gasteiger partial charge >= 0.3 is 6.16 Å². The van der Waals surface area contributed by atoms with Gasteiger partial charge in [-0.15, -0.1) is 0 Å². The summed E-state index contributed by atoms with van der Waals surface area (Å²) in [5.41, 5.74) is 1.58. The number of carbonyl (C=O) groups excluding carboxylic acids is 1. The summed E-state index contributed by atoms with van der Waals surface area (Å²) in [4.78, 5) is 27.4. The molecule has 1 aromatic heterocycles. The maximum Gasteiger partial charge on any atom is 0.512 e. The molecule has 1 aliphatic heterocycles. The molecule has 1 amide bonds. The number of rotatable bonds is 5. The molecule has 1 aliphatic rings. The highest BCUT2D eigenvalue weighted by Gasteiger charge is 2.33. The lowest BCUT2D eigenvalue weighted by molar-refractivity contribution is 0.0976. The van der Waals surface area contributed by atoms with Gasteiger partial charge in [-0.1, -0.05) is 64.9 Å². The van der Waals surface area contributed by atoms with Crippen LogP contribution in [-0.4, -0.2) is 36.3 Å². The SMILES string of the molecule is O=C(O)Oc1sc(-c2ccccc2)cc1N(C(=O)c1ccc(Cl)cc1Cl)C1CCNC1. The minimum Gasteiger partial charge on any atom is -0.449 e. The van der Waals surface area contributed by atoms with Crippen LogP contribution in [0.3, 0.4) is 0 Å². The van der Waals surface area contributed by atoms with Crippen LogP contribution >= 0.6 is 34.5 Å². The van der Waals surface area contributed by atoms with Crippen LogP contribution in [0.15, 0.2) is 54.6 Å². The van der Waals surface area contributed by atoms with Crippen molar-refractivity contribution in [1.29, 1.82) is 0 Å². The van der Waals surface area contributed by atoms with Crippen LogP contribution in [0.2, 0.25) is 10.0 Å². The molecular formula is C22H18Cl2N2O4S. The lowest BCUT2D eigenvalue weighted by atomic mass is 10.1. The molecule has 160 valence electrons. The van der Waals surface area contributed by atoms with Gasteiger partial charge in [0.25, 0.3) is 5.91 Å². The fourth-order valence-corrected chi connectivity index (χ4v) is 5.04. The molecule has 1 atom stereocenters. The first-order valence-electron chi connectivity index (χ1n) is 9.53. The van der Waals surface area contributed by atoms with Gasteiger partial charge in [-0.05, 0) is 42.8 Å². The molecule has 6 nitrogen and oxygen atoms in total. The maximum atomic E-state index is 13.6. The van der Waals surface area contributed by atoms with Gasteiger partial charge in [-0.3, -0.25) is 9.69 Å². The van der Waals surface area contributed by atoms with Crippen LogP contribution in [0.5, 0.6) is 5.06 Å². The Hall–Kier alpha value is -2.58. The molecule has 3 aromatic rings. The zero-order valence-corrected chi connectivity index (χ0v) is 18.5. The van der Waals surface area contributed by atoms with Gasteiger partial charge in [-0.2, -0.15) is 0 Å². The third-order valence-corrected chi connectivity index (χ3v) is 6.56. The Morgan fingerprint density at radius 2 is 1.90 bits per heavy atom. The van der Waals surface area contributed by atoms with Crippen molar-refractivity contribution in [2.24, 2.45) is 0 Å². The highest BCUT2D eigenvalue weighted by Crippen LogP contribution is 2.44. The summed E-state index contributed by atoms with van der Waals surface area (Å²) >= 11 is 13.5. The minimum absolute atomic E-state index is 0.136. The predicted octanol–water partition coefficient (Wildman–Crippen LogP) is 5.79. The first kappa shape index (κ1) is 21.6. The van der Waals surface area contributed by atoms with E-state index >= 15 is 0 Å². The third-order valence-electron chi connectivity index (χ3n) is 4.96. The summed E-state index contributed by atoms with van der Waals surface area (Å²) < 4.78 is 5.09. The van der Waals surface area contributed by atoms with E-state index in [1.165, 1.54) is 17.4 Å². The Balaban J connectivity index is 1.83. The Bertz CT molecular complexity index is 1110. The second-order valence-corrected chi connectivity index (χ2v) is 8.82. The van der Waals surface area contributed by atoms with Crippen molar-refractivity contribution in [3.63, 3.8) is 0 Å². The molecule has 1 saturated heterocycles. The largest absolute Gasteiger partial charge is 0.512 e. The molecule has 0 aliphatic carbocycles. The molecule has 4 rings (SSSR count). The van der Waals surface area contributed by atoms with E-state index in [1.54, 1.807) is 23.1 Å². The van der Waals surface area contributed by atoms with Crippen molar-refractivity contribution in [2.45, 2.75) is 12.5 Å². The van der Waals surface area contributed by atoms with Crippen molar-refractivity contribution in [3.8, 4) is 15.5 Å². The predicted molar refractivity (Wildman–Crippen MR) is 123 cm³/mol. The lowest BCUT2D eigenvalue weighted by Crippen LogP contribution is -2.42. The average molecular weight is 477 g/mol. The molecule has 2 heterocycles. The number of amides is 1. The van der Waals surface area contributed by atoms with Crippen molar-refractivity contribution < 1.29 is 19.4 Å². The molecule has 0 radical (unpaired) electrons. The number of hydrogen-bond donors (Lipinski definition) is 2. The number of anilines is 1. The van der Waals surface area contributed by atoms with E-state index in [2.05, 4.69) is 5.32 Å². The van der Waals surface area contributed by atoms with E-state index < -0.39 is 6.16 Å². The van der Waals surface area contributed by atoms with E-state index in [0.717, 1.165) is 17.0 Å². The lowest BCUT2D eigenvalue weighted by Gasteiger charge is -2.28. The van der Waals surface area contributed by atoms with Gasteiger partial charge in [0, 0.05) is 16.4 Å². The van der Waals surface area contributed by atoms with Crippen molar-refractivity contribution in [2.75, 3.05) is 18.0 Å². The fourth-order valence-electron chi connectivity index (χ4n) is 3.55. The first-order valence-corrected chi connectivity index (χ1v) is 11.1. The van der Waals surface area contributed by atoms with Crippen LogP contribution in [0.25, 0.3) is 10.4 Å². The summed E-state index contributed by atoms with van der Waals surface area (Å²) in [6.45, 7) is 1.31. The van der Waals surface area contributed by atoms with Crippen LogP contribution < -0.4 is 15.0 Å². The fraction of sp³-hybridized carbons (Fsp3) is 0.182. The number of ether oxygens (including phenoxy) is 1. The number of carboxylic acid groups (broad SMARTS) is 1. The van der Waals surface area contributed by atoms with Gasteiger partial charge < -0.3 is 15.2 Å². The first-order chi connectivity index (χ1) is 14.9. The Morgan fingerprint density at radius 1 is 1.13 bits per heavy atom. The molecule has 31 heavy (non-hydrogen) atoms. The summed E-state index contributed by atoms with van der Waals surface area (Å²) in [5.74, 6) is -0.344.